The quantitative estimate of drug-likeness (QED) is 0.716. The Kier molecular flexibility index (Phi) is 5.22. The molecular formula is C17H21N5OS. The Labute approximate surface area is 145 Å². The highest BCUT2D eigenvalue weighted by atomic mass is 32.1. The summed E-state index contributed by atoms with van der Waals surface area (Å²) in [6, 6.07) is 4.10. The number of rotatable bonds is 7. The molecule has 1 N–H and O–H groups in total. The second-order valence-corrected chi connectivity index (χ2v) is 6.24. The van der Waals surface area contributed by atoms with Crippen molar-refractivity contribution in [2.45, 2.75) is 19.9 Å². The zero-order valence-electron chi connectivity index (χ0n) is 13.8. The van der Waals surface area contributed by atoms with Crippen LogP contribution in [0.25, 0.3) is 5.78 Å². The standard InChI is InChI=1S/C17H21N5OS/c1-3-21(4-2)15(13-6-9-24-12-13)10-19-16(23)14-11-22-8-5-7-18-17(22)20-14/h5-9,11-12,15H,3-4,10H2,1-2H3,(H,19,23)/t15-/m0/s1. The first-order valence-corrected chi connectivity index (χ1v) is 9.01. The summed E-state index contributed by atoms with van der Waals surface area (Å²) in [6.07, 6.45) is 5.20. The van der Waals surface area contributed by atoms with Crippen molar-refractivity contribution in [3.8, 4) is 0 Å². The van der Waals surface area contributed by atoms with E-state index < -0.39 is 0 Å². The van der Waals surface area contributed by atoms with E-state index in [0.717, 1.165) is 13.1 Å². The largest absolute Gasteiger partial charge is 0.349 e. The van der Waals surface area contributed by atoms with Gasteiger partial charge in [-0.15, -0.1) is 0 Å². The lowest BCUT2D eigenvalue weighted by Gasteiger charge is -2.29. The van der Waals surface area contributed by atoms with Crippen LogP contribution in [-0.4, -0.2) is 44.8 Å². The van der Waals surface area contributed by atoms with E-state index in [1.165, 1.54) is 5.56 Å². The second-order valence-electron chi connectivity index (χ2n) is 5.46. The molecule has 0 fully saturated rings. The highest BCUT2D eigenvalue weighted by Gasteiger charge is 2.20. The van der Waals surface area contributed by atoms with Crippen molar-refractivity contribution in [2.75, 3.05) is 19.6 Å². The number of hydrogen-bond donors (Lipinski definition) is 1. The molecule has 0 aliphatic carbocycles. The Morgan fingerprint density at radius 3 is 2.92 bits per heavy atom. The SMILES string of the molecule is CCN(CC)[C@@H](CNC(=O)c1cn2cccnc2n1)c1ccsc1. The van der Waals surface area contributed by atoms with Crippen molar-refractivity contribution in [1.82, 2.24) is 24.6 Å². The van der Waals surface area contributed by atoms with Crippen LogP contribution in [0.1, 0.15) is 35.9 Å². The molecule has 3 aromatic rings. The van der Waals surface area contributed by atoms with Crippen LogP contribution in [-0.2, 0) is 0 Å². The van der Waals surface area contributed by atoms with Crippen LogP contribution < -0.4 is 5.32 Å². The van der Waals surface area contributed by atoms with E-state index in [2.05, 4.69) is 50.9 Å². The van der Waals surface area contributed by atoms with Crippen LogP contribution in [0.2, 0.25) is 0 Å². The first-order valence-electron chi connectivity index (χ1n) is 8.07. The summed E-state index contributed by atoms with van der Waals surface area (Å²) in [4.78, 5) is 23.2. The number of carbonyl (C=O) groups is 1. The van der Waals surface area contributed by atoms with Crippen molar-refractivity contribution in [3.63, 3.8) is 0 Å². The molecule has 0 saturated heterocycles. The number of likely N-dealkylation sites (N-methyl/N-ethyl adjacent to an activating group) is 1. The van der Waals surface area contributed by atoms with Crippen molar-refractivity contribution in [1.29, 1.82) is 0 Å². The second kappa shape index (κ2) is 7.55. The molecule has 0 radical (unpaired) electrons. The number of hydrogen-bond acceptors (Lipinski definition) is 5. The van der Waals surface area contributed by atoms with Crippen LogP contribution >= 0.6 is 11.3 Å². The summed E-state index contributed by atoms with van der Waals surface area (Å²) in [5.74, 6) is 0.355. The molecule has 3 aromatic heterocycles. The van der Waals surface area contributed by atoms with Gasteiger partial charge in [0.05, 0.1) is 6.04 Å². The van der Waals surface area contributed by atoms with E-state index in [1.807, 2.05) is 12.3 Å². The Morgan fingerprint density at radius 1 is 1.42 bits per heavy atom. The number of fused-ring (bicyclic) bond motifs is 1. The van der Waals surface area contributed by atoms with Crippen molar-refractivity contribution in [3.05, 3.63) is 52.7 Å². The van der Waals surface area contributed by atoms with E-state index in [-0.39, 0.29) is 11.9 Å². The zero-order valence-corrected chi connectivity index (χ0v) is 14.7. The van der Waals surface area contributed by atoms with Crippen molar-refractivity contribution < 1.29 is 4.79 Å². The van der Waals surface area contributed by atoms with Gasteiger partial charge in [0.1, 0.15) is 5.69 Å². The Bertz CT molecular complexity index is 761. The molecule has 24 heavy (non-hydrogen) atoms. The lowest BCUT2D eigenvalue weighted by molar-refractivity contribution is 0.0930. The van der Waals surface area contributed by atoms with E-state index in [0.29, 0.717) is 18.0 Å². The van der Waals surface area contributed by atoms with Crippen molar-refractivity contribution in [2.24, 2.45) is 0 Å². The van der Waals surface area contributed by atoms with Crippen LogP contribution in [0.4, 0.5) is 0 Å². The molecule has 0 bridgehead atoms. The Balaban J connectivity index is 1.72. The third-order valence-corrected chi connectivity index (χ3v) is 4.81. The first kappa shape index (κ1) is 16.6. The third kappa shape index (κ3) is 3.47. The third-order valence-electron chi connectivity index (χ3n) is 4.11. The average Bonchev–Trinajstić information content (AvgIpc) is 3.27. The summed E-state index contributed by atoms with van der Waals surface area (Å²) in [7, 11) is 0. The molecule has 1 atom stereocenters. The zero-order chi connectivity index (χ0) is 16.9. The maximum atomic E-state index is 12.5. The van der Waals surface area contributed by atoms with E-state index in [9.17, 15) is 4.79 Å². The molecule has 0 aromatic carbocycles. The van der Waals surface area contributed by atoms with Crippen molar-refractivity contribution >= 4 is 23.0 Å². The average molecular weight is 343 g/mol. The number of nitrogens with zero attached hydrogens (tertiary/aromatic N) is 4. The van der Waals surface area contributed by atoms with Gasteiger partial charge < -0.3 is 5.32 Å². The Morgan fingerprint density at radius 2 is 2.25 bits per heavy atom. The minimum atomic E-state index is -0.173. The maximum Gasteiger partial charge on any atom is 0.271 e. The fourth-order valence-corrected chi connectivity index (χ4v) is 3.51. The molecule has 0 spiro atoms. The van der Waals surface area contributed by atoms with Gasteiger partial charge in [0, 0.05) is 25.1 Å². The van der Waals surface area contributed by atoms with Crippen LogP contribution in [0, 0.1) is 0 Å². The number of imidazole rings is 1. The molecular weight excluding hydrogens is 322 g/mol. The molecule has 3 rings (SSSR count). The summed E-state index contributed by atoms with van der Waals surface area (Å²) in [5, 5.41) is 7.23. The highest BCUT2D eigenvalue weighted by Crippen LogP contribution is 2.22. The van der Waals surface area contributed by atoms with E-state index >= 15 is 0 Å². The smallest absolute Gasteiger partial charge is 0.271 e. The number of amides is 1. The summed E-state index contributed by atoms with van der Waals surface area (Å²) in [5.41, 5.74) is 1.62. The van der Waals surface area contributed by atoms with Gasteiger partial charge in [-0.2, -0.15) is 11.3 Å². The molecule has 0 aliphatic rings. The number of aromatic nitrogens is 3. The highest BCUT2D eigenvalue weighted by molar-refractivity contribution is 7.07. The number of thiophene rings is 1. The minimum Gasteiger partial charge on any atom is -0.349 e. The molecule has 126 valence electrons. The first-order chi connectivity index (χ1) is 11.7. The normalized spacial score (nSPS) is 12.6. The lowest BCUT2D eigenvalue weighted by Crippen LogP contribution is -2.38. The molecule has 3 heterocycles. The molecule has 0 saturated carbocycles. The number of nitrogens with one attached hydrogen (secondary N) is 1. The van der Waals surface area contributed by atoms with Crippen LogP contribution in [0.15, 0.2) is 41.5 Å². The summed E-state index contributed by atoms with van der Waals surface area (Å²) < 4.78 is 1.75. The fourth-order valence-electron chi connectivity index (χ4n) is 2.81. The van der Waals surface area contributed by atoms with Crippen LogP contribution in [0.3, 0.4) is 0 Å². The van der Waals surface area contributed by atoms with Crippen LogP contribution in [0.5, 0.6) is 0 Å². The molecule has 0 unspecified atom stereocenters. The van der Waals surface area contributed by atoms with Gasteiger partial charge in [-0.25, -0.2) is 9.97 Å². The van der Waals surface area contributed by atoms with Gasteiger partial charge in [-0.3, -0.25) is 14.1 Å². The molecule has 0 aliphatic heterocycles. The molecule has 7 heteroatoms. The molecule has 1 amide bonds. The Hall–Kier alpha value is -2.25. The van der Waals surface area contributed by atoms with Gasteiger partial charge in [0.15, 0.2) is 0 Å². The topological polar surface area (TPSA) is 62.5 Å². The minimum absolute atomic E-state index is 0.172. The lowest BCUT2D eigenvalue weighted by atomic mass is 10.1. The van der Waals surface area contributed by atoms with Gasteiger partial charge in [0.2, 0.25) is 5.78 Å². The predicted molar refractivity (Wildman–Crippen MR) is 95.3 cm³/mol. The number of carbonyl (C=O) groups excluding carboxylic acids is 1. The van der Waals surface area contributed by atoms with Gasteiger partial charge in [0.25, 0.3) is 5.91 Å². The summed E-state index contributed by atoms with van der Waals surface area (Å²) in [6.45, 7) is 6.70. The van der Waals surface area contributed by atoms with Gasteiger partial charge >= 0.3 is 0 Å². The van der Waals surface area contributed by atoms with E-state index in [4.69, 9.17) is 0 Å². The van der Waals surface area contributed by atoms with Gasteiger partial charge in [-0.05, 0) is 41.5 Å². The summed E-state index contributed by atoms with van der Waals surface area (Å²) >= 11 is 1.68. The van der Waals surface area contributed by atoms with E-state index in [1.54, 1.807) is 28.1 Å². The predicted octanol–water partition coefficient (Wildman–Crippen LogP) is 2.60. The molecule has 6 nitrogen and oxygen atoms in total. The maximum absolute atomic E-state index is 12.5. The van der Waals surface area contributed by atoms with Gasteiger partial charge in [-0.1, -0.05) is 13.8 Å². The fraction of sp³-hybridized carbons (Fsp3) is 0.353. The monoisotopic (exact) mass is 343 g/mol.